The number of aromatic hydroxyl groups is 1. The van der Waals surface area contributed by atoms with E-state index >= 15 is 0 Å². The number of anilines is 1. The first-order valence-corrected chi connectivity index (χ1v) is 6.02. The average molecular weight is 253 g/mol. The smallest absolute Gasteiger partial charge is 0.748 e. The molecule has 2 N–H and O–H groups in total. The molecule has 0 unspecified atom stereocenters. The molecule has 16 heavy (non-hydrogen) atoms. The number of hydrogen-bond acceptors (Lipinski definition) is 5. The van der Waals surface area contributed by atoms with Crippen molar-refractivity contribution in [2.24, 2.45) is 0 Å². The van der Waals surface area contributed by atoms with Gasteiger partial charge >= 0.3 is 29.6 Å². The average Bonchev–Trinajstić information content (AvgIpc) is 2.13. The topological polar surface area (TPSA) is 89.5 Å². The molecule has 0 saturated carbocycles. The molecule has 5 nitrogen and oxygen atoms in total. The van der Waals surface area contributed by atoms with Gasteiger partial charge in [-0.25, -0.2) is 8.42 Å². The Morgan fingerprint density at radius 1 is 1.31 bits per heavy atom. The zero-order chi connectivity index (χ0) is 11.3. The summed E-state index contributed by atoms with van der Waals surface area (Å²) in [5.74, 6) is -0.296. The number of para-hydroxylation sites is 2. The van der Waals surface area contributed by atoms with E-state index in [0.29, 0.717) is 12.2 Å². The van der Waals surface area contributed by atoms with Crippen molar-refractivity contribution < 1.29 is 47.6 Å². The van der Waals surface area contributed by atoms with Gasteiger partial charge in [0, 0.05) is 12.3 Å². The molecule has 7 heteroatoms. The second-order valence-corrected chi connectivity index (χ2v) is 4.58. The third-order valence-electron chi connectivity index (χ3n) is 1.79. The van der Waals surface area contributed by atoms with E-state index in [-0.39, 0.29) is 41.7 Å². The molecule has 0 heterocycles. The van der Waals surface area contributed by atoms with Gasteiger partial charge in [0.2, 0.25) is 0 Å². The van der Waals surface area contributed by atoms with E-state index in [1.807, 2.05) is 0 Å². The molecule has 0 saturated heterocycles. The SMILES string of the molecule is O=S(=O)([O-])CCCNc1ccccc1O.[Na+]. The zero-order valence-electron chi connectivity index (χ0n) is 9.01. The number of phenols is 1. The first-order chi connectivity index (χ1) is 6.99. The van der Waals surface area contributed by atoms with Crippen molar-refractivity contribution >= 4 is 15.8 Å². The van der Waals surface area contributed by atoms with Crippen LogP contribution in [0.25, 0.3) is 0 Å². The molecule has 0 aliphatic heterocycles. The van der Waals surface area contributed by atoms with Crippen molar-refractivity contribution in [3.63, 3.8) is 0 Å². The van der Waals surface area contributed by atoms with E-state index in [1.165, 1.54) is 6.07 Å². The van der Waals surface area contributed by atoms with Crippen LogP contribution in [-0.2, 0) is 10.1 Å². The number of rotatable bonds is 5. The van der Waals surface area contributed by atoms with E-state index in [1.54, 1.807) is 18.2 Å². The Kier molecular flexibility index (Phi) is 7.01. The molecule has 84 valence electrons. The van der Waals surface area contributed by atoms with E-state index in [4.69, 9.17) is 0 Å². The molecule has 0 radical (unpaired) electrons. The van der Waals surface area contributed by atoms with Crippen molar-refractivity contribution in [2.75, 3.05) is 17.6 Å². The Balaban J connectivity index is 0.00000225. The van der Waals surface area contributed by atoms with Crippen LogP contribution < -0.4 is 34.9 Å². The summed E-state index contributed by atoms with van der Waals surface area (Å²) < 4.78 is 30.8. The Bertz CT molecular complexity index is 421. The summed E-state index contributed by atoms with van der Waals surface area (Å²) in [7, 11) is -4.14. The van der Waals surface area contributed by atoms with Gasteiger partial charge in [-0.15, -0.1) is 0 Å². The van der Waals surface area contributed by atoms with E-state index in [0.717, 1.165) is 0 Å². The molecule has 1 rings (SSSR count). The van der Waals surface area contributed by atoms with Gasteiger partial charge in [-0.1, -0.05) is 12.1 Å². The number of hydrogen-bond donors (Lipinski definition) is 2. The fraction of sp³-hybridized carbons (Fsp3) is 0.333. The van der Waals surface area contributed by atoms with Gasteiger partial charge in [0.15, 0.2) is 0 Å². The second kappa shape index (κ2) is 7.13. The van der Waals surface area contributed by atoms with Crippen LogP contribution >= 0.6 is 0 Å². The molecule has 0 aliphatic carbocycles. The van der Waals surface area contributed by atoms with Crippen molar-refractivity contribution in [3.8, 4) is 5.75 Å². The minimum Gasteiger partial charge on any atom is -0.748 e. The predicted molar refractivity (Wildman–Crippen MR) is 55.8 cm³/mol. The van der Waals surface area contributed by atoms with Crippen LogP contribution in [0.2, 0.25) is 0 Å². The molecule has 0 atom stereocenters. The van der Waals surface area contributed by atoms with Gasteiger partial charge in [-0.2, -0.15) is 0 Å². The largest absolute Gasteiger partial charge is 1.00 e. The predicted octanol–water partition coefficient (Wildman–Crippen LogP) is -2.26. The summed E-state index contributed by atoms with van der Waals surface area (Å²) in [6, 6.07) is 6.61. The molecule has 0 spiro atoms. The molecule has 0 bridgehead atoms. The quantitative estimate of drug-likeness (QED) is 0.268. The van der Waals surface area contributed by atoms with E-state index in [9.17, 15) is 18.1 Å². The van der Waals surface area contributed by atoms with Crippen LogP contribution in [0.4, 0.5) is 5.69 Å². The standard InChI is InChI=1S/C9H13NO4S.Na/c11-9-5-2-1-4-8(9)10-6-3-7-15(12,13)14;/h1-2,4-5,10-11H,3,6-7H2,(H,12,13,14);/q;+1/p-1. The molecule has 0 aromatic heterocycles. The summed E-state index contributed by atoms with van der Waals surface area (Å²) in [4.78, 5) is 0. The maximum absolute atomic E-state index is 10.3. The van der Waals surface area contributed by atoms with Gasteiger partial charge in [0.25, 0.3) is 0 Å². The van der Waals surface area contributed by atoms with Gasteiger partial charge < -0.3 is 15.0 Å². The summed E-state index contributed by atoms with van der Waals surface area (Å²) in [5, 5.41) is 12.2. The van der Waals surface area contributed by atoms with Gasteiger partial charge in [0.1, 0.15) is 5.75 Å². The fourth-order valence-corrected chi connectivity index (χ4v) is 1.59. The Morgan fingerprint density at radius 3 is 2.50 bits per heavy atom. The summed E-state index contributed by atoms with van der Waals surface area (Å²) in [6.45, 7) is 0.332. The molecule has 1 aromatic carbocycles. The van der Waals surface area contributed by atoms with E-state index in [2.05, 4.69) is 5.32 Å². The summed E-state index contributed by atoms with van der Waals surface area (Å²) >= 11 is 0. The monoisotopic (exact) mass is 253 g/mol. The minimum atomic E-state index is -4.14. The third-order valence-corrected chi connectivity index (χ3v) is 2.58. The number of phenolic OH excluding ortho intramolecular Hbond substituents is 1. The number of benzene rings is 1. The van der Waals surface area contributed by atoms with Gasteiger partial charge in [-0.3, -0.25) is 0 Å². The normalized spacial score (nSPS) is 10.6. The summed E-state index contributed by atoms with van der Waals surface area (Å²) in [6.07, 6.45) is 0.222. The Hall–Kier alpha value is -0.270. The Morgan fingerprint density at radius 2 is 1.94 bits per heavy atom. The van der Waals surface area contributed by atoms with Crippen LogP contribution in [0.3, 0.4) is 0 Å². The van der Waals surface area contributed by atoms with Crippen LogP contribution in [0.15, 0.2) is 24.3 Å². The van der Waals surface area contributed by atoms with Crippen molar-refractivity contribution in [1.29, 1.82) is 0 Å². The molecule has 0 fully saturated rings. The van der Waals surface area contributed by atoms with E-state index < -0.39 is 15.9 Å². The Labute approximate surface area is 117 Å². The third kappa shape index (κ3) is 6.34. The maximum Gasteiger partial charge on any atom is 1.00 e. The molecular weight excluding hydrogens is 241 g/mol. The van der Waals surface area contributed by atoms with Crippen LogP contribution in [0.1, 0.15) is 6.42 Å². The van der Waals surface area contributed by atoms with Crippen molar-refractivity contribution in [1.82, 2.24) is 0 Å². The maximum atomic E-state index is 10.3. The van der Waals surface area contributed by atoms with Gasteiger partial charge in [-0.05, 0) is 18.6 Å². The van der Waals surface area contributed by atoms with Gasteiger partial charge in [0.05, 0.1) is 15.8 Å². The van der Waals surface area contributed by atoms with Crippen LogP contribution in [0, 0.1) is 0 Å². The molecular formula is C9H12NNaO4S. The van der Waals surface area contributed by atoms with Crippen LogP contribution in [-0.4, -0.2) is 30.4 Å². The molecule has 0 amide bonds. The first kappa shape index (κ1) is 15.7. The first-order valence-electron chi connectivity index (χ1n) is 4.44. The van der Waals surface area contributed by atoms with Crippen molar-refractivity contribution in [3.05, 3.63) is 24.3 Å². The van der Waals surface area contributed by atoms with Crippen LogP contribution in [0.5, 0.6) is 5.75 Å². The molecule has 0 aliphatic rings. The second-order valence-electron chi connectivity index (χ2n) is 3.06. The minimum absolute atomic E-state index is 0. The number of nitrogens with one attached hydrogen (secondary N) is 1. The zero-order valence-corrected chi connectivity index (χ0v) is 11.8. The fourth-order valence-electron chi connectivity index (χ4n) is 1.10. The van der Waals surface area contributed by atoms with Crippen molar-refractivity contribution in [2.45, 2.75) is 6.42 Å². The summed E-state index contributed by atoms with van der Waals surface area (Å²) in [5.41, 5.74) is 0.529. The molecule has 1 aromatic rings.